The van der Waals surface area contributed by atoms with Crippen LogP contribution < -0.4 is 5.56 Å². The second-order valence-corrected chi connectivity index (χ2v) is 2.87. The first kappa shape index (κ1) is 15.8. The Balaban J connectivity index is 0.000000659. The maximum absolute atomic E-state index is 11.4. The molecule has 18 heavy (non-hydrogen) atoms. The zero-order valence-corrected chi connectivity index (χ0v) is 11.4. The normalized spacial score (nSPS) is 8.44. The molecule has 5 nitrogen and oxygen atoms in total. The molecule has 0 bridgehead atoms. The summed E-state index contributed by atoms with van der Waals surface area (Å²) in [7, 11) is 0. The number of nitrogens with one attached hydrogen (secondary N) is 1. The minimum Gasteiger partial charge on any atom is -0.312 e. The molecule has 5 heteroatoms. The van der Waals surface area contributed by atoms with Crippen LogP contribution in [0.15, 0.2) is 17.2 Å². The van der Waals surface area contributed by atoms with Crippen molar-refractivity contribution in [3.05, 3.63) is 34.0 Å². The van der Waals surface area contributed by atoms with Crippen LogP contribution in [0.5, 0.6) is 0 Å². The van der Waals surface area contributed by atoms with Gasteiger partial charge in [0.1, 0.15) is 11.8 Å². The van der Waals surface area contributed by atoms with Crippen LogP contribution in [-0.4, -0.2) is 15.0 Å². The van der Waals surface area contributed by atoms with Gasteiger partial charge in [0.25, 0.3) is 5.56 Å². The predicted molar refractivity (Wildman–Crippen MR) is 72.3 cm³/mol. The van der Waals surface area contributed by atoms with E-state index in [0.717, 1.165) is 0 Å². The number of aryl methyl sites for hydroxylation is 1. The molecule has 1 N–H and O–H groups in total. The number of hydrogen-bond acceptors (Lipinski definition) is 4. The summed E-state index contributed by atoms with van der Waals surface area (Å²) in [6, 6.07) is 3.48. The van der Waals surface area contributed by atoms with Crippen LogP contribution in [0.25, 0.3) is 11.0 Å². The lowest BCUT2D eigenvalue weighted by Gasteiger charge is -1.98. The van der Waals surface area contributed by atoms with E-state index in [4.69, 9.17) is 5.26 Å². The zero-order valence-electron chi connectivity index (χ0n) is 11.4. The average molecular weight is 246 g/mol. The Hall–Kier alpha value is -2.22. The highest BCUT2D eigenvalue weighted by atomic mass is 16.1. The molecular weight excluding hydrogens is 228 g/mol. The second-order valence-electron chi connectivity index (χ2n) is 2.87. The number of aromatic amines is 1. The molecule has 0 aromatic carbocycles. The van der Waals surface area contributed by atoms with Crippen LogP contribution in [0.1, 0.15) is 39.0 Å². The van der Waals surface area contributed by atoms with E-state index in [-0.39, 0.29) is 11.3 Å². The summed E-state index contributed by atoms with van der Waals surface area (Å²) in [5, 5.41) is 9.10. The maximum Gasteiger partial charge on any atom is 0.260 e. The number of aromatic nitrogens is 3. The van der Waals surface area contributed by atoms with Gasteiger partial charge < -0.3 is 4.98 Å². The van der Waals surface area contributed by atoms with Crippen molar-refractivity contribution in [2.24, 2.45) is 0 Å². The highest BCUT2D eigenvalue weighted by Gasteiger charge is 2.06. The highest BCUT2D eigenvalue weighted by molar-refractivity contribution is 5.77. The standard InChI is InChI=1S/C9H6N4O.2C2H6/c1-5-2-6(3-10)13-8-7(5)9(14)12-4-11-8;2*1-2/h2,4H,1H3,(H,11,12,13,14);2*1-2H3. The quantitative estimate of drug-likeness (QED) is 0.774. The van der Waals surface area contributed by atoms with Crippen molar-refractivity contribution in [2.75, 3.05) is 0 Å². The van der Waals surface area contributed by atoms with Crippen LogP contribution in [0.4, 0.5) is 0 Å². The Bertz CT molecular complexity index is 596. The van der Waals surface area contributed by atoms with Gasteiger partial charge in [-0.25, -0.2) is 9.97 Å². The molecular formula is C13H18N4O. The van der Waals surface area contributed by atoms with E-state index >= 15 is 0 Å². The Labute approximate surface area is 107 Å². The fraction of sp³-hybridized carbons (Fsp3) is 0.385. The summed E-state index contributed by atoms with van der Waals surface area (Å²) >= 11 is 0. The van der Waals surface area contributed by atoms with Gasteiger partial charge in [0.2, 0.25) is 0 Å². The SMILES string of the molecule is CC.CC.Cc1cc(C#N)nc2nc[nH]c(=O)c12. The van der Waals surface area contributed by atoms with Gasteiger partial charge in [-0.1, -0.05) is 27.7 Å². The fourth-order valence-electron chi connectivity index (χ4n) is 1.31. The molecule has 0 aliphatic rings. The molecule has 0 fully saturated rings. The molecule has 2 aromatic rings. The molecule has 0 saturated heterocycles. The van der Waals surface area contributed by atoms with Gasteiger partial charge in [0, 0.05) is 0 Å². The number of fused-ring (bicyclic) bond motifs is 1. The molecule has 96 valence electrons. The number of H-pyrrole nitrogens is 1. The van der Waals surface area contributed by atoms with E-state index < -0.39 is 0 Å². The van der Waals surface area contributed by atoms with Crippen molar-refractivity contribution >= 4 is 11.0 Å². The Kier molecular flexibility index (Phi) is 6.98. The molecule has 0 unspecified atom stereocenters. The average Bonchev–Trinajstić information content (AvgIpc) is 2.43. The van der Waals surface area contributed by atoms with E-state index in [1.165, 1.54) is 6.33 Å². The van der Waals surface area contributed by atoms with Gasteiger partial charge in [-0.05, 0) is 18.6 Å². The van der Waals surface area contributed by atoms with E-state index in [1.54, 1.807) is 13.0 Å². The molecule has 0 saturated carbocycles. The Morgan fingerprint density at radius 2 is 1.89 bits per heavy atom. The van der Waals surface area contributed by atoms with Crippen LogP contribution in [0, 0.1) is 18.3 Å². The largest absolute Gasteiger partial charge is 0.312 e. The number of rotatable bonds is 0. The highest BCUT2D eigenvalue weighted by Crippen LogP contribution is 2.10. The Morgan fingerprint density at radius 3 is 2.44 bits per heavy atom. The maximum atomic E-state index is 11.4. The van der Waals surface area contributed by atoms with Crippen molar-refractivity contribution in [1.82, 2.24) is 15.0 Å². The van der Waals surface area contributed by atoms with Crippen LogP contribution >= 0.6 is 0 Å². The first-order chi connectivity index (χ1) is 8.72. The molecule has 0 spiro atoms. The van der Waals surface area contributed by atoms with Crippen molar-refractivity contribution < 1.29 is 0 Å². The molecule has 2 heterocycles. The number of nitrogens with zero attached hydrogens (tertiary/aromatic N) is 3. The minimum absolute atomic E-state index is 0.232. The van der Waals surface area contributed by atoms with Gasteiger partial charge in [-0.15, -0.1) is 0 Å². The molecule has 0 amide bonds. The smallest absolute Gasteiger partial charge is 0.260 e. The topological polar surface area (TPSA) is 82.4 Å². The lowest BCUT2D eigenvalue weighted by Crippen LogP contribution is -2.09. The van der Waals surface area contributed by atoms with E-state index in [2.05, 4.69) is 15.0 Å². The third-order valence-electron chi connectivity index (χ3n) is 1.92. The Morgan fingerprint density at radius 1 is 1.28 bits per heavy atom. The van der Waals surface area contributed by atoms with E-state index in [9.17, 15) is 4.79 Å². The third kappa shape index (κ3) is 3.39. The van der Waals surface area contributed by atoms with Gasteiger partial charge in [0.15, 0.2) is 5.65 Å². The van der Waals surface area contributed by atoms with E-state index in [1.807, 2.05) is 33.8 Å². The summed E-state index contributed by atoms with van der Waals surface area (Å²) in [6.07, 6.45) is 1.28. The molecule has 0 aliphatic heterocycles. The first-order valence-corrected chi connectivity index (χ1v) is 5.97. The molecule has 2 aromatic heterocycles. The summed E-state index contributed by atoms with van der Waals surface area (Å²) in [6.45, 7) is 9.75. The fourth-order valence-corrected chi connectivity index (χ4v) is 1.31. The van der Waals surface area contributed by atoms with Crippen LogP contribution in [0.2, 0.25) is 0 Å². The number of pyridine rings is 1. The van der Waals surface area contributed by atoms with Crippen molar-refractivity contribution in [1.29, 1.82) is 5.26 Å². The van der Waals surface area contributed by atoms with Gasteiger partial charge in [-0.2, -0.15) is 5.26 Å². The monoisotopic (exact) mass is 246 g/mol. The first-order valence-electron chi connectivity index (χ1n) is 5.97. The summed E-state index contributed by atoms with van der Waals surface area (Å²) in [4.78, 5) is 21.7. The summed E-state index contributed by atoms with van der Waals surface area (Å²) < 4.78 is 0. The van der Waals surface area contributed by atoms with Crippen LogP contribution in [0.3, 0.4) is 0 Å². The second kappa shape index (κ2) is 7.96. The molecule has 0 atom stereocenters. The zero-order chi connectivity index (χ0) is 14.1. The van der Waals surface area contributed by atoms with Crippen LogP contribution in [-0.2, 0) is 0 Å². The lowest BCUT2D eigenvalue weighted by atomic mass is 10.2. The molecule has 0 aliphatic carbocycles. The molecule has 2 rings (SSSR count). The third-order valence-corrected chi connectivity index (χ3v) is 1.92. The van der Waals surface area contributed by atoms with E-state index in [0.29, 0.717) is 16.6 Å². The lowest BCUT2D eigenvalue weighted by molar-refractivity contribution is 1.12. The summed E-state index contributed by atoms with van der Waals surface area (Å²) in [5.74, 6) is 0. The molecule has 0 radical (unpaired) electrons. The van der Waals surface area contributed by atoms with Crippen molar-refractivity contribution in [3.8, 4) is 6.07 Å². The van der Waals surface area contributed by atoms with Gasteiger partial charge >= 0.3 is 0 Å². The van der Waals surface area contributed by atoms with Gasteiger partial charge in [0.05, 0.1) is 11.7 Å². The number of hydrogen-bond donors (Lipinski definition) is 1. The van der Waals surface area contributed by atoms with Crippen molar-refractivity contribution in [2.45, 2.75) is 34.6 Å². The summed E-state index contributed by atoms with van der Waals surface area (Å²) in [5.41, 5.74) is 1.06. The predicted octanol–water partition coefficient (Wildman–Crippen LogP) is 2.55. The number of nitriles is 1. The van der Waals surface area contributed by atoms with Crippen molar-refractivity contribution in [3.63, 3.8) is 0 Å². The van der Waals surface area contributed by atoms with Gasteiger partial charge in [-0.3, -0.25) is 4.79 Å². The minimum atomic E-state index is -0.232.